The molecule has 0 bridgehead atoms. The maximum absolute atomic E-state index is 13.1. The Balaban J connectivity index is 0.000000146. The van der Waals surface area contributed by atoms with Crippen LogP contribution in [-0.4, -0.2) is 15.8 Å². The van der Waals surface area contributed by atoms with Crippen LogP contribution in [0.3, 0.4) is 0 Å². The number of nitrogens with one attached hydrogen (secondary N) is 2. The van der Waals surface area contributed by atoms with Gasteiger partial charge >= 0.3 is 0 Å². The van der Waals surface area contributed by atoms with Crippen molar-refractivity contribution in [2.24, 2.45) is 0 Å². The van der Waals surface area contributed by atoms with Crippen LogP contribution in [0.25, 0.3) is 21.8 Å². The van der Waals surface area contributed by atoms with E-state index in [4.69, 9.17) is 5.26 Å². The highest BCUT2D eigenvalue weighted by Crippen LogP contribution is 2.21. The number of ketones is 1. The van der Waals surface area contributed by atoms with Gasteiger partial charge in [-0.05, 0) is 43.3 Å². The average molecular weight is 337 g/mol. The fourth-order valence-electron chi connectivity index (χ4n) is 2.63. The number of Topliss-reactive ketones (excluding diaryl/α,β-unsaturated/α-hetero) is 1. The van der Waals surface area contributed by atoms with E-state index >= 15 is 0 Å². The third-order valence-electron chi connectivity index (χ3n) is 3.84. The summed E-state index contributed by atoms with van der Waals surface area (Å²) >= 11 is 0. The van der Waals surface area contributed by atoms with Gasteiger partial charge in [-0.1, -0.05) is 0 Å². The summed E-state index contributed by atoms with van der Waals surface area (Å²) in [6.07, 6.45) is 3.24. The monoisotopic (exact) mass is 337 g/mol. The lowest BCUT2D eigenvalue weighted by molar-refractivity contribution is 0.101. The SMILES string of the molecule is CC(=O)c1ccc(F)c2cc[nH]c12.N#Cc1ccc(F)c2cc[nH]c12. The van der Waals surface area contributed by atoms with Crippen LogP contribution in [0.5, 0.6) is 0 Å². The molecule has 4 nitrogen and oxygen atoms in total. The first-order valence-electron chi connectivity index (χ1n) is 7.45. The van der Waals surface area contributed by atoms with Gasteiger partial charge in [-0.25, -0.2) is 8.78 Å². The molecule has 2 heterocycles. The standard InChI is InChI=1S/C10H8FNO.C9H5FN2/c1-6(13)7-2-3-9(11)8-4-5-12-10(7)8;10-8-2-1-6(5-11)9-7(8)3-4-12-9/h2-5,12H,1H3;1-4,12H. The van der Waals surface area contributed by atoms with E-state index in [2.05, 4.69) is 9.97 Å². The topological polar surface area (TPSA) is 72.4 Å². The number of H-pyrrole nitrogens is 2. The Bertz CT molecular complexity index is 1120. The van der Waals surface area contributed by atoms with Gasteiger partial charge in [0.15, 0.2) is 5.78 Å². The molecule has 0 spiro atoms. The molecule has 0 unspecified atom stereocenters. The van der Waals surface area contributed by atoms with Crippen LogP contribution in [0.4, 0.5) is 8.78 Å². The first-order chi connectivity index (χ1) is 12.0. The Kier molecular flexibility index (Phi) is 4.31. The number of halogens is 2. The molecule has 0 radical (unpaired) electrons. The molecule has 0 aliphatic carbocycles. The summed E-state index contributed by atoms with van der Waals surface area (Å²) in [4.78, 5) is 16.8. The highest BCUT2D eigenvalue weighted by atomic mass is 19.1. The summed E-state index contributed by atoms with van der Waals surface area (Å²) in [6, 6.07) is 10.8. The third kappa shape index (κ3) is 3.00. The van der Waals surface area contributed by atoms with Gasteiger partial charge < -0.3 is 9.97 Å². The van der Waals surface area contributed by atoms with Crippen LogP contribution >= 0.6 is 0 Å². The van der Waals surface area contributed by atoms with E-state index in [1.54, 1.807) is 24.5 Å². The molecule has 4 rings (SSSR count). The minimum Gasteiger partial charge on any atom is -0.360 e. The van der Waals surface area contributed by atoms with Gasteiger partial charge in [0.05, 0.1) is 16.6 Å². The number of carbonyl (C=O) groups excluding carboxylic acids is 1. The predicted molar refractivity (Wildman–Crippen MR) is 91.2 cm³/mol. The number of aromatic amines is 2. The van der Waals surface area contributed by atoms with E-state index < -0.39 is 0 Å². The van der Waals surface area contributed by atoms with E-state index in [1.807, 2.05) is 6.07 Å². The van der Waals surface area contributed by atoms with Gasteiger partial charge in [-0.3, -0.25) is 4.79 Å². The molecular formula is C19H13F2N3O. The number of aromatic nitrogens is 2. The Labute approximate surface area is 141 Å². The molecule has 6 heteroatoms. The minimum atomic E-state index is -0.304. The normalized spacial score (nSPS) is 10.3. The number of benzene rings is 2. The summed E-state index contributed by atoms with van der Waals surface area (Å²) in [5, 5.41) is 9.58. The van der Waals surface area contributed by atoms with E-state index in [0.29, 0.717) is 32.9 Å². The second-order valence-corrected chi connectivity index (χ2v) is 5.39. The fraction of sp³-hybridized carbons (Fsp3) is 0.0526. The number of nitriles is 1. The van der Waals surface area contributed by atoms with Crippen molar-refractivity contribution < 1.29 is 13.6 Å². The van der Waals surface area contributed by atoms with Crippen LogP contribution in [0.1, 0.15) is 22.8 Å². The van der Waals surface area contributed by atoms with Gasteiger partial charge in [0.1, 0.15) is 17.7 Å². The van der Waals surface area contributed by atoms with Gasteiger partial charge in [-0.2, -0.15) is 5.26 Å². The second-order valence-electron chi connectivity index (χ2n) is 5.39. The smallest absolute Gasteiger partial charge is 0.161 e. The summed E-state index contributed by atoms with van der Waals surface area (Å²) in [5.74, 6) is -0.668. The van der Waals surface area contributed by atoms with Crippen LogP contribution in [0.2, 0.25) is 0 Å². The van der Waals surface area contributed by atoms with Crippen molar-refractivity contribution in [2.45, 2.75) is 6.92 Å². The highest BCUT2D eigenvalue weighted by molar-refractivity contribution is 6.05. The van der Waals surface area contributed by atoms with E-state index in [1.165, 1.54) is 31.2 Å². The molecule has 0 aliphatic rings. The third-order valence-corrected chi connectivity index (χ3v) is 3.84. The molecule has 124 valence electrons. The molecular weight excluding hydrogens is 324 g/mol. The van der Waals surface area contributed by atoms with Crippen molar-refractivity contribution in [2.75, 3.05) is 0 Å². The van der Waals surface area contributed by atoms with Crippen LogP contribution in [0, 0.1) is 23.0 Å². The predicted octanol–water partition coefficient (Wildman–Crippen LogP) is 4.69. The molecule has 0 fully saturated rings. The molecule has 25 heavy (non-hydrogen) atoms. The quantitative estimate of drug-likeness (QED) is 0.495. The molecule has 0 atom stereocenters. The highest BCUT2D eigenvalue weighted by Gasteiger charge is 2.09. The number of carbonyl (C=O) groups is 1. The number of fused-ring (bicyclic) bond motifs is 2. The van der Waals surface area contributed by atoms with Crippen molar-refractivity contribution >= 4 is 27.6 Å². The largest absolute Gasteiger partial charge is 0.360 e. The van der Waals surface area contributed by atoms with Gasteiger partial charge in [0.25, 0.3) is 0 Å². The van der Waals surface area contributed by atoms with Crippen molar-refractivity contribution in [3.63, 3.8) is 0 Å². The Morgan fingerprint density at radius 1 is 0.920 bits per heavy atom. The average Bonchev–Trinajstić information content (AvgIpc) is 3.26. The van der Waals surface area contributed by atoms with Crippen molar-refractivity contribution in [1.82, 2.24) is 9.97 Å². The number of rotatable bonds is 1. The summed E-state index contributed by atoms with van der Waals surface area (Å²) in [6.45, 7) is 1.47. The van der Waals surface area contributed by atoms with Gasteiger partial charge in [-0.15, -0.1) is 0 Å². The molecule has 2 aromatic carbocycles. The number of hydrogen-bond donors (Lipinski definition) is 2. The van der Waals surface area contributed by atoms with Gasteiger partial charge in [0, 0.05) is 28.7 Å². The lowest BCUT2D eigenvalue weighted by Crippen LogP contribution is -1.94. The Morgan fingerprint density at radius 3 is 2.08 bits per heavy atom. The number of hydrogen-bond acceptors (Lipinski definition) is 2. The zero-order valence-electron chi connectivity index (χ0n) is 13.2. The van der Waals surface area contributed by atoms with E-state index in [9.17, 15) is 13.6 Å². The first kappa shape index (κ1) is 16.4. The lowest BCUT2D eigenvalue weighted by atomic mass is 10.1. The number of nitrogens with zero attached hydrogens (tertiary/aromatic N) is 1. The zero-order valence-corrected chi connectivity index (χ0v) is 13.2. The first-order valence-corrected chi connectivity index (χ1v) is 7.45. The lowest BCUT2D eigenvalue weighted by Gasteiger charge is -1.98. The minimum absolute atomic E-state index is 0.0625. The van der Waals surface area contributed by atoms with Crippen molar-refractivity contribution in [3.05, 3.63) is 71.6 Å². The summed E-state index contributed by atoms with van der Waals surface area (Å²) < 4.78 is 26.1. The van der Waals surface area contributed by atoms with Gasteiger partial charge in [0.2, 0.25) is 0 Å². The van der Waals surface area contributed by atoms with Crippen LogP contribution in [0.15, 0.2) is 48.8 Å². The Hall–Kier alpha value is -3.46. The maximum atomic E-state index is 13.1. The van der Waals surface area contributed by atoms with Crippen molar-refractivity contribution in [3.8, 4) is 6.07 Å². The van der Waals surface area contributed by atoms with E-state index in [-0.39, 0.29) is 17.4 Å². The van der Waals surface area contributed by atoms with Crippen molar-refractivity contribution in [1.29, 1.82) is 5.26 Å². The summed E-state index contributed by atoms with van der Waals surface area (Å²) in [7, 11) is 0. The van der Waals surface area contributed by atoms with Crippen LogP contribution in [-0.2, 0) is 0 Å². The maximum Gasteiger partial charge on any atom is 0.161 e. The van der Waals surface area contributed by atoms with E-state index in [0.717, 1.165) is 0 Å². The second kappa shape index (κ2) is 6.57. The molecule has 0 saturated carbocycles. The van der Waals surface area contributed by atoms with Crippen LogP contribution < -0.4 is 0 Å². The molecule has 0 saturated heterocycles. The molecule has 2 aromatic heterocycles. The fourth-order valence-corrected chi connectivity index (χ4v) is 2.63. The zero-order chi connectivity index (χ0) is 18.0. The molecule has 2 N–H and O–H groups in total. The molecule has 0 amide bonds. The molecule has 4 aromatic rings. The Morgan fingerprint density at radius 2 is 1.48 bits per heavy atom. The summed E-state index contributed by atoms with van der Waals surface area (Å²) in [5.41, 5.74) is 2.14. The molecule has 0 aliphatic heterocycles.